The van der Waals surface area contributed by atoms with E-state index in [0.717, 1.165) is 0 Å². The first kappa shape index (κ1) is 20.1. The van der Waals surface area contributed by atoms with Gasteiger partial charge in [-0.1, -0.05) is 0 Å². The number of hydrogen-bond acceptors (Lipinski definition) is 5. The van der Waals surface area contributed by atoms with E-state index in [-0.39, 0.29) is 8.47 Å². The maximum absolute atomic E-state index is 12.6. The third-order valence-corrected chi connectivity index (χ3v) is 14.1. The molecule has 138 valence electrons. The molecule has 0 atom stereocenters. The summed E-state index contributed by atoms with van der Waals surface area (Å²) in [4.78, 5) is -0.110. The van der Waals surface area contributed by atoms with Gasteiger partial charge in [-0.3, -0.25) is 0 Å². The summed E-state index contributed by atoms with van der Waals surface area (Å²) in [7, 11) is -9.91. The summed E-state index contributed by atoms with van der Waals surface area (Å²) >= 11 is -3.72. The molecule has 0 heterocycles. The molecule has 2 aromatic rings. The Kier molecular flexibility index (Phi) is 6.12. The molecule has 0 aliphatic heterocycles. The predicted octanol–water partition coefficient (Wildman–Crippen LogP) is 3.58. The molecule has 0 aliphatic rings. The molecular weight excluding hydrogens is 496 g/mol. The van der Waals surface area contributed by atoms with Crippen molar-refractivity contribution in [1.82, 2.24) is 0 Å². The van der Waals surface area contributed by atoms with Gasteiger partial charge in [0.1, 0.15) is 0 Å². The molecule has 0 N–H and O–H groups in total. The maximum atomic E-state index is 12.6. The molecular formula is C14H12F3IO5S2. The summed E-state index contributed by atoms with van der Waals surface area (Å²) in [6.07, 6.45) is 0. The third kappa shape index (κ3) is 5.15. The van der Waals surface area contributed by atoms with Crippen molar-refractivity contribution in [2.75, 3.05) is 3.76 Å². The van der Waals surface area contributed by atoms with Gasteiger partial charge in [0.15, 0.2) is 0 Å². The predicted molar refractivity (Wildman–Crippen MR) is 93.7 cm³/mol. The summed E-state index contributed by atoms with van der Waals surface area (Å²) in [5.41, 5.74) is -5.62. The van der Waals surface area contributed by atoms with Crippen LogP contribution in [0.4, 0.5) is 13.2 Å². The van der Waals surface area contributed by atoms with E-state index in [1.165, 1.54) is 48.5 Å². The van der Waals surface area contributed by atoms with Crippen molar-refractivity contribution in [3.8, 4) is 0 Å². The molecule has 11 heteroatoms. The van der Waals surface area contributed by atoms with Crippen LogP contribution in [0.3, 0.4) is 0 Å². The number of benzene rings is 2. The van der Waals surface area contributed by atoms with Crippen LogP contribution in [-0.2, 0) is 22.5 Å². The molecule has 0 amide bonds. The van der Waals surface area contributed by atoms with Crippen LogP contribution < -0.4 is 0 Å². The van der Waals surface area contributed by atoms with Gasteiger partial charge in [-0.15, -0.1) is 0 Å². The summed E-state index contributed by atoms with van der Waals surface area (Å²) in [6, 6.07) is 14.3. The topological polar surface area (TPSA) is 77.5 Å². The fourth-order valence-corrected chi connectivity index (χ4v) is 12.7. The van der Waals surface area contributed by atoms with Gasteiger partial charge in [0.05, 0.1) is 0 Å². The zero-order valence-electron chi connectivity index (χ0n) is 12.4. The standard InChI is InChI=1S/C14H12F3IO5S2/c15-14(16,17)25(21,22)23-18(12-7-3-1-4-8-12)11-24(19,20)13-9-5-2-6-10-13/h1-10H,11H2. The minimum atomic E-state index is -5.89. The van der Waals surface area contributed by atoms with Crippen molar-refractivity contribution in [1.29, 1.82) is 0 Å². The SMILES string of the molecule is O=S(=O)(CI(OS(=O)(=O)C(F)(F)F)c1ccccc1)c1ccccc1. The zero-order valence-corrected chi connectivity index (χ0v) is 16.1. The van der Waals surface area contributed by atoms with E-state index in [1.807, 2.05) is 0 Å². The summed E-state index contributed by atoms with van der Waals surface area (Å²) in [5.74, 6) is 0. The second-order valence-corrected chi connectivity index (χ2v) is 14.1. The molecule has 0 saturated heterocycles. The fraction of sp³-hybridized carbons (Fsp3) is 0.143. The van der Waals surface area contributed by atoms with Crippen LogP contribution in [0.2, 0.25) is 0 Å². The van der Waals surface area contributed by atoms with E-state index in [2.05, 4.69) is 2.51 Å². The first-order valence-electron chi connectivity index (χ1n) is 6.53. The Bertz CT molecular complexity index is 914. The Hall–Kier alpha value is -1.18. The van der Waals surface area contributed by atoms with E-state index in [1.54, 1.807) is 12.1 Å². The first-order valence-corrected chi connectivity index (χ1v) is 13.1. The van der Waals surface area contributed by atoms with Crippen molar-refractivity contribution >= 4 is 40.2 Å². The molecule has 2 rings (SSSR count). The third-order valence-electron chi connectivity index (χ3n) is 2.76. The van der Waals surface area contributed by atoms with Crippen molar-refractivity contribution in [2.24, 2.45) is 0 Å². The monoisotopic (exact) mass is 508 g/mol. The van der Waals surface area contributed by atoms with Crippen LogP contribution >= 0.6 is 20.2 Å². The minimum absolute atomic E-state index is 0.110. The Morgan fingerprint density at radius 3 is 1.80 bits per heavy atom. The average molecular weight is 508 g/mol. The summed E-state index contributed by atoms with van der Waals surface area (Å²) < 4.78 is 89.2. The first-order chi connectivity index (χ1) is 11.5. The molecule has 0 radical (unpaired) electrons. The van der Waals surface area contributed by atoms with Crippen LogP contribution in [0.25, 0.3) is 0 Å². The van der Waals surface area contributed by atoms with E-state index in [0.29, 0.717) is 0 Å². The van der Waals surface area contributed by atoms with Crippen molar-refractivity contribution in [3.05, 3.63) is 64.2 Å². The molecule has 0 bridgehead atoms. The molecule has 2 aromatic carbocycles. The summed E-state index contributed by atoms with van der Waals surface area (Å²) in [5, 5.41) is 0. The van der Waals surface area contributed by atoms with Gasteiger partial charge in [-0.2, -0.15) is 0 Å². The Morgan fingerprint density at radius 2 is 1.32 bits per heavy atom. The number of sulfone groups is 1. The van der Waals surface area contributed by atoms with Crippen molar-refractivity contribution in [3.63, 3.8) is 0 Å². The second kappa shape index (κ2) is 7.60. The van der Waals surface area contributed by atoms with Crippen LogP contribution in [0.1, 0.15) is 0 Å². The zero-order chi connectivity index (χ0) is 18.7. The van der Waals surface area contributed by atoms with Crippen molar-refractivity contribution < 1.29 is 32.5 Å². The molecule has 25 heavy (non-hydrogen) atoms. The second-order valence-electron chi connectivity index (χ2n) is 4.62. The molecule has 0 spiro atoms. The van der Waals surface area contributed by atoms with Crippen molar-refractivity contribution in [2.45, 2.75) is 10.4 Å². The Labute approximate surface area is 150 Å². The van der Waals surface area contributed by atoms with E-state index in [9.17, 15) is 30.0 Å². The molecule has 0 aromatic heterocycles. The van der Waals surface area contributed by atoms with Gasteiger partial charge >= 0.3 is 151 Å². The Morgan fingerprint density at radius 1 is 0.840 bits per heavy atom. The average Bonchev–Trinajstić information content (AvgIpc) is 2.54. The number of alkyl halides is 4. The van der Waals surface area contributed by atoms with Gasteiger partial charge < -0.3 is 0 Å². The van der Waals surface area contributed by atoms with Gasteiger partial charge in [-0.05, 0) is 0 Å². The molecule has 0 fully saturated rings. The van der Waals surface area contributed by atoms with Gasteiger partial charge in [0.25, 0.3) is 0 Å². The van der Waals surface area contributed by atoms with Gasteiger partial charge in [0, 0.05) is 0 Å². The van der Waals surface area contributed by atoms with Crippen LogP contribution in [-0.4, -0.2) is 26.1 Å². The van der Waals surface area contributed by atoms with Crippen LogP contribution in [0, 0.1) is 3.57 Å². The molecule has 0 aliphatic carbocycles. The number of hydrogen-bond donors (Lipinski definition) is 0. The number of rotatable bonds is 6. The van der Waals surface area contributed by atoms with E-state index < -0.39 is 49.5 Å². The Balaban J connectivity index is 2.40. The van der Waals surface area contributed by atoms with E-state index in [4.69, 9.17) is 0 Å². The van der Waals surface area contributed by atoms with Gasteiger partial charge in [-0.25, -0.2) is 0 Å². The van der Waals surface area contributed by atoms with Gasteiger partial charge in [0.2, 0.25) is 0 Å². The van der Waals surface area contributed by atoms with Crippen LogP contribution in [0.15, 0.2) is 65.6 Å². The quantitative estimate of drug-likeness (QED) is 0.339. The molecule has 0 saturated carbocycles. The number of halogens is 4. The molecule has 5 nitrogen and oxygen atoms in total. The van der Waals surface area contributed by atoms with Crippen LogP contribution in [0.5, 0.6) is 0 Å². The normalized spacial score (nSPS) is 13.5. The molecule has 0 unspecified atom stereocenters. The summed E-state index contributed by atoms with van der Waals surface area (Å²) in [6.45, 7) is 0. The van der Waals surface area contributed by atoms with E-state index >= 15 is 0 Å². The fourth-order valence-electron chi connectivity index (χ4n) is 1.63.